The second-order valence-corrected chi connectivity index (χ2v) is 7.69. The van der Waals surface area contributed by atoms with Gasteiger partial charge in [-0.25, -0.2) is 19.3 Å². The van der Waals surface area contributed by atoms with Gasteiger partial charge in [0, 0.05) is 37.6 Å². The maximum absolute atomic E-state index is 14.1. The minimum absolute atomic E-state index is 0.115. The number of aromatic amines is 1. The Labute approximate surface area is 184 Å². The highest BCUT2D eigenvalue weighted by atomic mass is 19.1. The number of rotatable bonds is 7. The Morgan fingerprint density at radius 1 is 1.31 bits per heavy atom. The fourth-order valence-corrected chi connectivity index (χ4v) is 3.92. The first kappa shape index (κ1) is 21.4. The number of benzene rings is 1. The van der Waals surface area contributed by atoms with Crippen LogP contribution in [0.25, 0.3) is 11.2 Å². The monoisotopic (exact) mass is 436 g/mol. The number of nitrogens with one attached hydrogen (secondary N) is 3. The molecule has 9 nitrogen and oxygen atoms in total. The van der Waals surface area contributed by atoms with Crippen molar-refractivity contribution < 1.29 is 9.18 Å². The van der Waals surface area contributed by atoms with Gasteiger partial charge in [-0.2, -0.15) is 0 Å². The van der Waals surface area contributed by atoms with Crippen molar-refractivity contribution in [3.8, 4) is 0 Å². The predicted octanol–water partition coefficient (Wildman–Crippen LogP) is 2.99. The molecule has 1 fully saturated rings. The van der Waals surface area contributed by atoms with Crippen LogP contribution < -0.4 is 16.4 Å². The lowest BCUT2D eigenvalue weighted by Gasteiger charge is -2.10. The number of carbonyl (C=O) groups excluding carboxylic acids is 1. The van der Waals surface area contributed by atoms with Gasteiger partial charge in [-0.1, -0.05) is 12.8 Å². The molecule has 1 saturated carbocycles. The molecule has 0 aliphatic heterocycles. The molecule has 2 heterocycles. The summed E-state index contributed by atoms with van der Waals surface area (Å²) in [6.45, 7) is 0.115. The van der Waals surface area contributed by atoms with Crippen LogP contribution in [0.15, 0.2) is 41.4 Å². The molecule has 0 atom stereocenters. The fourth-order valence-electron chi connectivity index (χ4n) is 3.92. The SMILES string of the molecule is CN=CC(=CN)Nc1cc(F)cc(CNC(=O)c2ncnc3nc(C4CCCC4)[nH]c23)c1. The lowest BCUT2D eigenvalue weighted by Crippen LogP contribution is -2.24. The zero-order valence-electron chi connectivity index (χ0n) is 17.7. The molecular formula is C22H25FN8O. The summed E-state index contributed by atoms with van der Waals surface area (Å²) in [4.78, 5) is 32.9. The summed E-state index contributed by atoms with van der Waals surface area (Å²) < 4.78 is 14.1. The molecule has 1 aliphatic carbocycles. The molecule has 0 spiro atoms. The number of aliphatic imine (C=N–C) groups is 1. The van der Waals surface area contributed by atoms with Gasteiger partial charge in [0.15, 0.2) is 11.3 Å². The third-order valence-electron chi connectivity index (χ3n) is 5.41. The molecule has 166 valence electrons. The summed E-state index contributed by atoms with van der Waals surface area (Å²) in [6.07, 6.45) is 8.71. The van der Waals surface area contributed by atoms with E-state index in [1.807, 2.05) is 0 Å². The van der Waals surface area contributed by atoms with Crippen LogP contribution in [0.2, 0.25) is 0 Å². The Kier molecular flexibility index (Phi) is 6.39. The highest BCUT2D eigenvalue weighted by Gasteiger charge is 2.23. The Morgan fingerprint density at radius 3 is 2.88 bits per heavy atom. The molecule has 1 aromatic carbocycles. The second kappa shape index (κ2) is 9.54. The van der Waals surface area contributed by atoms with Crippen molar-refractivity contribution in [1.82, 2.24) is 25.3 Å². The van der Waals surface area contributed by atoms with Crippen LogP contribution in [0.4, 0.5) is 10.1 Å². The van der Waals surface area contributed by atoms with Gasteiger partial charge in [-0.05, 0) is 36.6 Å². The minimum atomic E-state index is -0.441. The summed E-state index contributed by atoms with van der Waals surface area (Å²) in [5, 5.41) is 5.78. The van der Waals surface area contributed by atoms with Gasteiger partial charge in [-0.15, -0.1) is 0 Å². The largest absolute Gasteiger partial charge is 0.403 e. The topological polar surface area (TPSA) is 134 Å². The van der Waals surface area contributed by atoms with Crippen molar-refractivity contribution in [2.45, 2.75) is 38.1 Å². The summed E-state index contributed by atoms with van der Waals surface area (Å²) in [7, 11) is 1.61. The molecule has 0 bridgehead atoms. The summed E-state index contributed by atoms with van der Waals surface area (Å²) in [6, 6.07) is 4.41. The Hall–Kier alpha value is -3.82. The minimum Gasteiger partial charge on any atom is -0.403 e. The van der Waals surface area contributed by atoms with Crippen molar-refractivity contribution in [1.29, 1.82) is 0 Å². The van der Waals surface area contributed by atoms with Crippen molar-refractivity contribution in [3.05, 3.63) is 59.3 Å². The number of hydrogen-bond acceptors (Lipinski definition) is 7. The molecule has 32 heavy (non-hydrogen) atoms. The van der Waals surface area contributed by atoms with E-state index in [1.165, 1.54) is 43.7 Å². The lowest BCUT2D eigenvalue weighted by molar-refractivity contribution is 0.0947. The second-order valence-electron chi connectivity index (χ2n) is 7.69. The number of aromatic nitrogens is 4. The van der Waals surface area contributed by atoms with E-state index in [-0.39, 0.29) is 12.2 Å². The summed E-state index contributed by atoms with van der Waals surface area (Å²) in [5.74, 6) is 0.387. The first-order valence-electron chi connectivity index (χ1n) is 10.5. The Balaban J connectivity index is 1.49. The lowest BCUT2D eigenvalue weighted by atomic mass is 10.1. The number of H-pyrrole nitrogens is 1. The van der Waals surface area contributed by atoms with Gasteiger partial charge >= 0.3 is 0 Å². The van der Waals surface area contributed by atoms with E-state index in [0.29, 0.717) is 34.0 Å². The molecule has 0 saturated heterocycles. The number of allylic oxidation sites excluding steroid dienone is 1. The van der Waals surface area contributed by atoms with Crippen LogP contribution in [0.3, 0.4) is 0 Å². The van der Waals surface area contributed by atoms with Crippen LogP contribution >= 0.6 is 0 Å². The highest BCUT2D eigenvalue weighted by molar-refractivity contribution is 6.02. The average Bonchev–Trinajstić information content (AvgIpc) is 3.46. The van der Waals surface area contributed by atoms with E-state index in [4.69, 9.17) is 5.73 Å². The average molecular weight is 436 g/mol. The van der Waals surface area contributed by atoms with Crippen molar-refractivity contribution in [2.75, 3.05) is 12.4 Å². The molecule has 10 heteroatoms. The van der Waals surface area contributed by atoms with Gasteiger partial charge in [0.1, 0.15) is 23.5 Å². The van der Waals surface area contributed by atoms with E-state index in [2.05, 4.69) is 35.6 Å². The van der Waals surface area contributed by atoms with Crippen molar-refractivity contribution >= 4 is 29.0 Å². The van der Waals surface area contributed by atoms with Crippen LogP contribution in [-0.4, -0.2) is 39.1 Å². The van der Waals surface area contributed by atoms with E-state index in [9.17, 15) is 9.18 Å². The molecular weight excluding hydrogens is 411 g/mol. The molecule has 2 aromatic heterocycles. The number of nitrogens with zero attached hydrogens (tertiary/aromatic N) is 4. The number of fused-ring (bicyclic) bond motifs is 1. The summed E-state index contributed by atoms with van der Waals surface area (Å²) in [5.41, 5.74) is 8.35. The quantitative estimate of drug-likeness (QED) is 0.421. The smallest absolute Gasteiger partial charge is 0.272 e. The van der Waals surface area contributed by atoms with Crippen LogP contribution in [0.5, 0.6) is 0 Å². The molecule has 5 N–H and O–H groups in total. The number of halogens is 1. The van der Waals surface area contributed by atoms with Gasteiger partial charge < -0.3 is 21.4 Å². The fraction of sp³-hybridized carbons (Fsp3) is 0.318. The van der Waals surface area contributed by atoms with E-state index < -0.39 is 11.7 Å². The molecule has 4 rings (SSSR count). The third-order valence-corrected chi connectivity index (χ3v) is 5.41. The molecule has 3 aromatic rings. The number of imidazole rings is 1. The highest BCUT2D eigenvalue weighted by Crippen LogP contribution is 2.33. The Bertz CT molecular complexity index is 1180. The number of amides is 1. The van der Waals surface area contributed by atoms with Gasteiger partial charge in [-0.3, -0.25) is 9.79 Å². The maximum Gasteiger partial charge on any atom is 0.272 e. The normalized spacial score (nSPS) is 15.0. The third kappa shape index (κ3) is 4.74. The van der Waals surface area contributed by atoms with Crippen molar-refractivity contribution in [3.63, 3.8) is 0 Å². The number of hydrogen-bond donors (Lipinski definition) is 4. The molecule has 1 aliphatic rings. The molecule has 0 unspecified atom stereocenters. The first-order chi connectivity index (χ1) is 15.6. The van der Waals surface area contributed by atoms with Crippen LogP contribution in [0, 0.1) is 5.82 Å². The van der Waals surface area contributed by atoms with Crippen molar-refractivity contribution in [2.24, 2.45) is 10.7 Å². The van der Waals surface area contributed by atoms with Crippen LogP contribution in [0.1, 0.15) is 53.5 Å². The number of nitrogens with two attached hydrogens (primary N) is 1. The molecule has 1 amide bonds. The summed E-state index contributed by atoms with van der Waals surface area (Å²) >= 11 is 0. The number of carbonyl (C=O) groups is 1. The standard InChI is InChI=1S/C22H25FN8O/c1-25-11-17(9-24)29-16-7-13(6-15(23)8-16)10-26-22(32)19-18-21(28-12-27-19)31-20(30-18)14-4-2-3-5-14/h6-9,11-12,14,29H,2-5,10,24H2,1H3,(H,26,32)(H,27,28,30,31). The van der Waals surface area contributed by atoms with Gasteiger partial charge in [0.05, 0.1) is 5.70 Å². The van der Waals surface area contributed by atoms with E-state index in [0.717, 1.165) is 18.7 Å². The van der Waals surface area contributed by atoms with Gasteiger partial charge in [0.25, 0.3) is 5.91 Å². The zero-order chi connectivity index (χ0) is 22.5. The zero-order valence-corrected chi connectivity index (χ0v) is 17.7. The molecule has 0 radical (unpaired) electrons. The maximum atomic E-state index is 14.1. The van der Waals surface area contributed by atoms with Crippen LogP contribution in [-0.2, 0) is 6.54 Å². The Morgan fingerprint density at radius 2 is 2.12 bits per heavy atom. The van der Waals surface area contributed by atoms with E-state index >= 15 is 0 Å². The van der Waals surface area contributed by atoms with Gasteiger partial charge in [0.2, 0.25) is 0 Å². The first-order valence-corrected chi connectivity index (χ1v) is 10.5. The number of anilines is 1. The van der Waals surface area contributed by atoms with E-state index in [1.54, 1.807) is 13.1 Å². The predicted molar refractivity (Wildman–Crippen MR) is 121 cm³/mol.